The largest absolute Gasteiger partial charge is 0.462 e. The zero-order valence-corrected chi connectivity index (χ0v) is 24.2. The van der Waals surface area contributed by atoms with Crippen LogP contribution in [0.1, 0.15) is 68.2 Å². The van der Waals surface area contributed by atoms with Gasteiger partial charge in [0.05, 0.1) is 23.0 Å². The summed E-state index contributed by atoms with van der Waals surface area (Å²) in [5.74, 6) is -7.26. The smallest absolute Gasteiger partial charge is 0.330 e. The van der Waals surface area contributed by atoms with Crippen LogP contribution in [-0.2, 0) is 52.3 Å². The number of carbonyl (C=O) groups is 4. The molecule has 5 fully saturated rings. The van der Waals surface area contributed by atoms with Crippen LogP contribution in [0.4, 0.5) is 0 Å². The van der Waals surface area contributed by atoms with Gasteiger partial charge in [-0.2, -0.15) is 0 Å². The number of carbonyl (C=O) groups excluding carboxylic acids is 4. The van der Waals surface area contributed by atoms with Crippen molar-refractivity contribution in [2.45, 2.75) is 103 Å². The Bertz CT molecular complexity index is 1230. The minimum absolute atomic E-state index is 0.0611. The molecule has 0 amide bonds. The highest BCUT2D eigenvalue weighted by Gasteiger charge is 2.84. The van der Waals surface area contributed by atoms with E-state index >= 15 is 0 Å². The Morgan fingerprint density at radius 3 is 2.30 bits per heavy atom. The number of hydrogen-bond donors (Lipinski definition) is 0. The van der Waals surface area contributed by atoms with E-state index in [2.05, 4.69) is 0 Å². The van der Waals surface area contributed by atoms with Crippen LogP contribution >= 0.6 is 0 Å². The maximum Gasteiger partial charge on any atom is 0.330 e. The van der Waals surface area contributed by atoms with Gasteiger partial charge in [-0.25, -0.2) is 4.79 Å². The van der Waals surface area contributed by atoms with Gasteiger partial charge in [0.1, 0.15) is 17.6 Å². The fourth-order valence-corrected chi connectivity index (χ4v) is 9.14. The first-order chi connectivity index (χ1) is 18.5. The van der Waals surface area contributed by atoms with Crippen molar-refractivity contribution in [2.24, 2.45) is 34.5 Å². The lowest BCUT2D eigenvalue weighted by Gasteiger charge is -2.63. The van der Waals surface area contributed by atoms with Gasteiger partial charge in [-0.1, -0.05) is 26.8 Å². The van der Waals surface area contributed by atoms with Crippen molar-refractivity contribution in [3.05, 3.63) is 12.2 Å². The van der Waals surface area contributed by atoms with Gasteiger partial charge in [0.15, 0.2) is 6.10 Å². The van der Waals surface area contributed by atoms with E-state index < -0.39 is 87.6 Å². The van der Waals surface area contributed by atoms with Crippen LogP contribution in [0.2, 0.25) is 0 Å². The zero-order chi connectivity index (χ0) is 29.3. The molecule has 0 aromatic heterocycles. The summed E-state index contributed by atoms with van der Waals surface area (Å²) >= 11 is 0. The molecule has 220 valence electrons. The van der Waals surface area contributed by atoms with Gasteiger partial charge in [-0.05, 0) is 38.5 Å². The number of fused-ring (bicyclic) bond motifs is 2. The predicted octanol–water partition coefficient (Wildman–Crippen LogP) is 2.79. The van der Waals surface area contributed by atoms with Gasteiger partial charge >= 0.3 is 23.9 Å². The van der Waals surface area contributed by atoms with E-state index in [1.165, 1.54) is 19.9 Å². The summed E-state index contributed by atoms with van der Waals surface area (Å²) in [6.07, 6.45) is 2.50. The Morgan fingerprint density at radius 2 is 1.65 bits per heavy atom. The molecular weight excluding hydrogens is 524 g/mol. The second-order valence-electron chi connectivity index (χ2n) is 13.5. The Morgan fingerprint density at radius 1 is 0.975 bits per heavy atom. The van der Waals surface area contributed by atoms with E-state index in [9.17, 15) is 19.2 Å². The molecule has 3 spiro atoms. The zero-order valence-electron chi connectivity index (χ0n) is 24.2. The summed E-state index contributed by atoms with van der Waals surface area (Å²) < 4.78 is 43.6. The number of esters is 4. The van der Waals surface area contributed by atoms with Crippen LogP contribution in [0.25, 0.3) is 0 Å². The molecule has 6 rings (SSSR count). The molecule has 1 unspecified atom stereocenters. The molecule has 0 radical (unpaired) electrons. The molecule has 4 saturated heterocycles. The van der Waals surface area contributed by atoms with Gasteiger partial charge in [-0.15, -0.1) is 0 Å². The molecule has 0 N–H and O–H groups in total. The molecule has 0 aromatic rings. The Balaban J connectivity index is 1.53. The molecule has 11 nitrogen and oxygen atoms in total. The van der Waals surface area contributed by atoms with Crippen molar-refractivity contribution < 1.29 is 52.3 Å². The van der Waals surface area contributed by atoms with E-state index in [-0.39, 0.29) is 12.5 Å². The lowest BCUT2D eigenvalue weighted by atomic mass is 9.48. The van der Waals surface area contributed by atoms with E-state index in [0.29, 0.717) is 12.8 Å². The average Bonchev–Trinajstić information content (AvgIpc) is 3.10. The summed E-state index contributed by atoms with van der Waals surface area (Å²) in [6.45, 7) is 13.8. The van der Waals surface area contributed by atoms with Gasteiger partial charge in [0.25, 0.3) is 11.8 Å². The van der Waals surface area contributed by atoms with E-state index in [4.69, 9.17) is 33.2 Å². The van der Waals surface area contributed by atoms with Crippen molar-refractivity contribution in [1.82, 2.24) is 0 Å². The first-order valence-corrected chi connectivity index (χ1v) is 14.0. The van der Waals surface area contributed by atoms with Crippen LogP contribution in [-0.4, -0.2) is 65.7 Å². The van der Waals surface area contributed by atoms with Gasteiger partial charge < -0.3 is 28.4 Å². The van der Waals surface area contributed by atoms with Crippen molar-refractivity contribution in [1.29, 1.82) is 0 Å². The van der Waals surface area contributed by atoms with Gasteiger partial charge in [-0.3, -0.25) is 19.1 Å². The third-order valence-corrected chi connectivity index (χ3v) is 10.8. The second-order valence-corrected chi connectivity index (χ2v) is 13.5. The molecular formula is C29H38O11. The average molecular weight is 563 g/mol. The van der Waals surface area contributed by atoms with Crippen molar-refractivity contribution in [2.75, 3.05) is 6.61 Å². The van der Waals surface area contributed by atoms with E-state index in [0.717, 1.165) is 0 Å². The lowest BCUT2D eigenvalue weighted by molar-refractivity contribution is -0.505. The van der Waals surface area contributed by atoms with Crippen LogP contribution in [0.15, 0.2) is 12.2 Å². The normalized spacial score (nSPS) is 51.7. The number of ether oxygens (including phenoxy) is 7. The molecule has 5 heterocycles. The highest BCUT2D eigenvalue weighted by Crippen LogP contribution is 2.74. The molecule has 0 aromatic carbocycles. The van der Waals surface area contributed by atoms with Crippen LogP contribution < -0.4 is 0 Å². The fourth-order valence-electron chi connectivity index (χ4n) is 9.14. The second kappa shape index (κ2) is 8.07. The van der Waals surface area contributed by atoms with Crippen LogP contribution in [0.5, 0.6) is 0 Å². The van der Waals surface area contributed by atoms with Gasteiger partial charge in [0, 0.05) is 32.8 Å². The summed E-state index contributed by atoms with van der Waals surface area (Å²) in [6, 6.07) is 0. The highest BCUT2D eigenvalue weighted by molar-refractivity contribution is 5.83. The van der Waals surface area contributed by atoms with E-state index in [1.54, 1.807) is 6.92 Å². The Labute approximate surface area is 233 Å². The summed E-state index contributed by atoms with van der Waals surface area (Å²) in [5, 5.41) is 0. The quantitative estimate of drug-likeness (QED) is 0.363. The summed E-state index contributed by atoms with van der Waals surface area (Å²) in [4.78, 5) is 50.4. The summed E-state index contributed by atoms with van der Waals surface area (Å²) in [5.41, 5.74) is -3.86. The van der Waals surface area contributed by atoms with Crippen molar-refractivity contribution in [3.8, 4) is 0 Å². The SMILES string of the molecule is CC(=O)O[C@H]1C[C@H](C)[C@@]23C[C@]4(C)[C@@H](C)[C@H]5C(=O)O[C@@](C)(OC4(OC[C@@]24C=CC(=O)OC(C)(C)[C@H]14)O3)[C@H]5OC(C)=O. The topological polar surface area (TPSA) is 133 Å². The number of cyclic esters (lactones) is 1. The van der Waals surface area contributed by atoms with Gasteiger partial charge in [0.2, 0.25) is 0 Å². The summed E-state index contributed by atoms with van der Waals surface area (Å²) in [7, 11) is 0. The minimum atomic E-state index is -1.65. The molecule has 11 atom stereocenters. The molecule has 4 bridgehead atoms. The molecule has 1 saturated carbocycles. The maximum atomic E-state index is 13.2. The fraction of sp³-hybridized carbons (Fsp3) is 0.793. The Kier molecular flexibility index (Phi) is 5.58. The predicted molar refractivity (Wildman–Crippen MR) is 134 cm³/mol. The molecule has 5 aliphatic heterocycles. The molecule has 11 heteroatoms. The van der Waals surface area contributed by atoms with Crippen molar-refractivity contribution >= 4 is 23.9 Å². The Hall–Kier alpha value is -2.50. The third-order valence-electron chi connectivity index (χ3n) is 10.8. The number of hydrogen-bond acceptors (Lipinski definition) is 11. The molecule has 6 aliphatic rings. The van der Waals surface area contributed by atoms with Crippen LogP contribution in [0.3, 0.4) is 0 Å². The van der Waals surface area contributed by atoms with Crippen LogP contribution in [0, 0.1) is 34.5 Å². The molecule has 1 aliphatic carbocycles. The highest BCUT2D eigenvalue weighted by atomic mass is 16.9. The number of rotatable bonds is 2. The standard InChI is InChI=1S/C29H38O11/c1-14-11-18(35-16(3)30)21-24(5,6)37-19(32)9-10-27(21)13-34-29-25(7,12-28(14,27)40-29)15(2)20-22(36-17(4)31)26(8,39-29)38-23(20)33/h9-10,14-15,18,20-22H,11-13H2,1-8H3/t14-,15-,18-,20+,21-,22-,25+,26-,27+,28-,29?/m0/s1. The third kappa shape index (κ3) is 3.22. The lowest BCUT2D eigenvalue weighted by Crippen LogP contribution is -2.72. The first kappa shape index (κ1) is 27.7. The minimum Gasteiger partial charge on any atom is -0.462 e. The van der Waals surface area contributed by atoms with Crippen molar-refractivity contribution in [3.63, 3.8) is 0 Å². The van der Waals surface area contributed by atoms with E-state index in [1.807, 2.05) is 40.7 Å². The maximum absolute atomic E-state index is 13.2. The molecule has 40 heavy (non-hydrogen) atoms. The first-order valence-electron chi connectivity index (χ1n) is 14.0. The monoisotopic (exact) mass is 562 g/mol.